The third kappa shape index (κ3) is 9.25. The summed E-state index contributed by atoms with van der Waals surface area (Å²) < 4.78 is 5.59. The number of rotatable bonds is 13. The maximum Gasteiger partial charge on any atom is 0.273 e. The van der Waals surface area contributed by atoms with Crippen molar-refractivity contribution in [3.63, 3.8) is 0 Å². The molecule has 0 unspecified atom stereocenters. The summed E-state index contributed by atoms with van der Waals surface area (Å²) in [5.41, 5.74) is 1.41. The van der Waals surface area contributed by atoms with Gasteiger partial charge in [0.2, 0.25) is 0 Å². The molecule has 2 N–H and O–H groups in total. The first-order chi connectivity index (χ1) is 17.4. The van der Waals surface area contributed by atoms with Crippen LogP contribution in [0.4, 0.5) is 0 Å². The lowest BCUT2D eigenvalue weighted by molar-refractivity contribution is -0.114. The fraction of sp³-hybridized carbons (Fsp3) is 0.280. The lowest BCUT2D eigenvalue weighted by Crippen LogP contribution is -2.33. The second-order valence-electron chi connectivity index (χ2n) is 7.93. The highest BCUT2D eigenvalue weighted by atomic mass is 35.5. The molecule has 11 heteroatoms. The molecule has 3 aromatic rings. The summed E-state index contributed by atoms with van der Waals surface area (Å²) in [7, 11) is 2.92. The average Bonchev–Trinajstić information content (AvgIpc) is 2.88. The van der Waals surface area contributed by atoms with Crippen molar-refractivity contribution in [2.75, 3.05) is 18.9 Å². The summed E-state index contributed by atoms with van der Waals surface area (Å²) in [6.07, 6.45) is 3.31. The van der Waals surface area contributed by atoms with Crippen LogP contribution in [-0.4, -0.2) is 45.6 Å². The third-order valence-corrected chi connectivity index (χ3v) is 6.91. The van der Waals surface area contributed by atoms with Crippen LogP contribution in [0, 0.1) is 5.92 Å². The summed E-state index contributed by atoms with van der Waals surface area (Å²) in [5, 5.41) is 17.3. The molecule has 0 aliphatic heterocycles. The fourth-order valence-corrected chi connectivity index (χ4v) is 4.51. The van der Waals surface area contributed by atoms with Crippen LogP contribution in [0.5, 0.6) is 11.5 Å². The number of aromatic hydroxyl groups is 1. The number of hydrogen-bond donors (Lipinski definition) is 2. The molecule has 8 nitrogen and oxygen atoms in total. The highest BCUT2D eigenvalue weighted by Gasteiger charge is 2.17. The molecule has 3 rings (SSSR count). The highest BCUT2D eigenvalue weighted by Crippen LogP contribution is 2.28. The zero-order chi connectivity index (χ0) is 25.8. The number of nitrogens with zero attached hydrogens (tertiary/aromatic N) is 3. The SMILES string of the molecule is CC(C)COc1cnc(SSCCNC(=O)C(=NOCc2ccccc2)c2ccc(O)c(Cl)c2)nc1. The minimum Gasteiger partial charge on any atom is -0.506 e. The Morgan fingerprint density at radius 3 is 2.61 bits per heavy atom. The number of carbonyl (C=O) groups excluding carboxylic acids is 1. The number of carbonyl (C=O) groups is 1. The maximum absolute atomic E-state index is 12.9. The molecule has 0 aliphatic rings. The van der Waals surface area contributed by atoms with Gasteiger partial charge < -0.3 is 20.0 Å². The van der Waals surface area contributed by atoms with Gasteiger partial charge in [0.25, 0.3) is 5.91 Å². The second-order valence-corrected chi connectivity index (χ2v) is 10.7. The topological polar surface area (TPSA) is 106 Å². The van der Waals surface area contributed by atoms with Crippen molar-refractivity contribution in [1.29, 1.82) is 0 Å². The summed E-state index contributed by atoms with van der Waals surface area (Å²) in [4.78, 5) is 26.9. The first-order valence-electron chi connectivity index (χ1n) is 11.2. The van der Waals surface area contributed by atoms with Gasteiger partial charge in [0.1, 0.15) is 12.4 Å². The van der Waals surface area contributed by atoms with Crippen LogP contribution in [-0.2, 0) is 16.2 Å². The molecule has 0 saturated heterocycles. The zero-order valence-corrected chi connectivity index (χ0v) is 22.3. The molecular weight excluding hydrogens is 520 g/mol. The van der Waals surface area contributed by atoms with Crippen LogP contribution in [0.25, 0.3) is 0 Å². The Bertz CT molecular complexity index is 1150. The molecule has 0 saturated carbocycles. The van der Waals surface area contributed by atoms with E-state index in [2.05, 4.69) is 34.3 Å². The van der Waals surface area contributed by atoms with Crippen LogP contribution in [0.1, 0.15) is 25.0 Å². The largest absolute Gasteiger partial charge is 0.506 e. The molecule has 0 atom stereocenters. The number of amides is 1. The Morgan fingerprint density at radius 2 is 1.92 bits per heavy atom. The Kier molecular flexibility index (Phi) is 11.2. The van der Waals surface area contributed by atoms with Crippen molar-refractivity contribution in [2.24, 2.45) is 11.1 Å². The van der Waals surface area contributed by atoms with Crippen molar-refractivity contribution >= 4 is 44.8 Å². The predicted molar refractivity (Wildman–Crippen MR) is 145 cm³/mol. The fourth-order valence-electron chi connectivity index (χ4n) is 2.69. The molecule has 0 radical (unpaired) electrons. The number of ether oxygens (including phenoxy) is 1. The molecule has 0 fully saturated rings. The number of oxime groups is 1. The second kappa shape index (κ2) is 14.6. The molecule has 1 amide bonds. The highest BCUT2D eigenvalue weighted by molar-refractivity contribution is 8.76. The number of nitrogens with one attached hydrogen (secondary N) is 1. The summed E-state index contributed by atoms with van der Waals surface area (Å²) in [6.45, 7) is 5.36. The van der Waals surface area contributed by atoms with Gasteiger partial charge in [-0.2, -0.15) is 0 Å². The van der Waals surface area contributed by atoms with E-state index in [0.29, 0.717) is 41.3 Å². The van der Waals surface area contributed by atoms with Crippen molar-refractivity contribution in [2.45, 2.75) is 25.6 Å². The molecule has 1 heterocycles. The molecule has 0 spiro atoms. The van der Waals surface area contributed by atoms with E-state index in [1.807, 2.05) is 30.3 Å². The van der Waals surface area contributed by atoms with Crippen molar-refractivity contribution in [3.05, 3.63) is 77.1 Å². The number of aromatic nitrogens is 2. The van der Waals surface area contributed by atoms with E-state index in [0.717, 1.165) is 5.56 Å². The van der Waals surface area contributed by atoms with Gasteiger partial charge in [0.15, 0.2) is 16.6 Å². The van der Waals surface area contributed by atoms with Gasteiger partial charge in [-0.15, -0.1) is 0 Å². The van der Waals surface area contributed by atoms with Crippen LogP contribution >= 0.6 is 33.2 Å². The van der Waals surface area contributed by atoms with E-state index >= 15 is 0 Å². The van der Waals surface area contributed by atoms with Crippen LogP contribution in [0.2, 0.25) is 5.02 Å². The number of halogens is 1. The van der Waals surface area contributed by atoms with Gasteiger partial charge in [-0.3, -0.25) is 4.79 Å². The Morgan fingerprint density at radius 1 is 1.17 bits per heavy atom. The third-order valence-electron chi connectivity index (χ3n) is 4.46. The average molecular weight is 547 g/mol. The van der Waals surface area contributed by atoms with Gasteiger partial charge >= 0.3 is 0 Å². The van der Waals surface area contributed by atoms with Crippen molar-refractivity contribution in [3.8, 4) is 11.5 Å². The summed E-state index contributed by atoms with van der Waals surface area (Å²) >= 11 is 6.03. The van der Waals surface area contributed by atoms with Gasteiger partial charge in [-0.1, -0.05) is 71.7 Å². The molecule has 0 bridgehead atoms. The van der Waals surface area contributed by atoms with E-state index < -0.39 is 5.91 Å². The van der Waals surface area contributed by atoms with E-state index in [-0.39, 0.29) is 23.1 Å². The maximum atomic E-state index is 12.9. The number of hydrogen-bond acceptors (Lipinski definition) is 9. The summed E-state index contributed by atoms with van der Waals surface area (Å²) in [5.74, 6) is 1.18. The van der Waals surface area contributed by atoms with Crippen LogP contribution in [0.15, 0.2) is 71.2 Å². The summed E-state index contributed by atoms with van der Waals surface area (Å²) in [6, 6.07) is 13.9. The van der Waals surface area contributed by atoms with Crippen molar-refractivity contribution in [1.82, 2.24) is 15.3 Å². The van der Waals surface area contributed by atoms with E-state index in [9.17, 15) is 9.90 Å². The Hall–Kier alpha value is -2.95. The van der Waals surface area contributed by atoms with Crippen molar-refractivity contribution < 1.29 is 19.5 Å². The minimum absolute atomic E-state index is 0.0609. The molecule has 190 valence electrons. The Labute approximate surface area is 223 Å². The number of phenolic OH excluding ortho intramolecular Hbond substituents is 1. The van der Waals surface area contributed by atoms with Gasteiger partial charge in [-0.05, 0) is 40.5 Å². The molecule has 0 aliphatic carbocycles. The quantitative estimate of drug-likeness (QED) is 0.0971. The van der Waals surface area contributed by atoms with E-state index in [1.54, 1.807) is 18.5 Å². The lowest BCUT2D eigenvalue weighted by Gasteiger charge is -2.10. The first-order valence-corrected chi connectivity index (χ1v) is 13.9. The van der Waals surface area contributed by atoms with E-state index in [4.69, 9.17) is 21.2 Å². The molecular formula is C25H27ClN4O4S2. The number of benzene rings is 2. The standard InChI is InChI=1S/C25H27ClN4O4S2/c1-17(2)15-33-20-13-28-25(29-14-20)36-35-11-10-27-24(32)23(19-8-9-22(31)21(26)12-19)30-34-16-18-6-4-3-5-7-18/h3-9,12-14,17,31H,10-11,15-16H2,1-2H3,(H,27,32). The van der Waals surface area contributed by atoms with Gasteiger partial charge in [0, 0.05) is 17.9 Å². The minimum atomic E-state index is -0.418. The first kappa shape index (κ1) is 27.6. The molecule has 36 heavy (non-hydrogen) atoms. The monoisotopic (exact) mass is 546 g/mol. The predicted octanol–water partition coefficient (Wildman–Crippen LogP) is 5.35. The molecule has 2 aromatic carbocycles. The van der Waals surface area contributed by atoms with Gasteiger partial charge in [0.05, 0.1) is 24.0 Å². The lowest BCUT2D eigenvalue weighted by atomic mass is 10.1. The smallest absolute Gasteiger partial charge is 0.273 e. The number of phenols is 1. The van der Waals surface area contributed by atoms with Crippen LogP contribution < -0.4 is 10.1 Å². The zero-order valence-electron chi connectivity index (χ0n) is 19.9. The molecule has 1 aromatic heterocycles. The van der Waals surface area contributed by atoms with E-state index in [1.165, 1.54) is 33.7 Å². The normalized spacial score (nSPS) is 11.4. The van der Waals surface area contributed by atoms with Crippen LogP contribution in [0.3, 0.4) is 0 Å². The van der Waals surface area contributed by atoms with Gasteiger partial charge in [-0.25, -0.2) is 9.97 Å². The Balaban J connectivity index is 1.51.